The van der Waals surface area contributed by atoms with E-state index < -0.39 is 0 Å². The van der Waals surface area contributed by atoms with E-state index in [1.807, 2.05) is 0 Å². The van der Waals surface area contributed by atoms with Gasteiger partial charge in [-0.05, 0) is 12.8 Å². The summed E-state index contributed by atoms with van der Waals surface area (Å²) in [5, 5.41) is 9.05. The molecule has 1 aliphatic carbocycles. The summed E-state index contributed by atoms with van der Waals surface area (Å²) in [6.07, 6.45) is 2.65. The fourth-order valence-corrected chi connectivity index (χ4v) is 2.17. The number of hydrogen-bond donors (Lipinski definition) is 2. The lowest BCUT2D eigenvalue weighted by Crippen LogP contribution is -2.56. The maximum absolute atomic E-state index is 11.7. The van der Waals surface area contributed by atoms with E-state index >= 15 is 0 Å². The molecule has 0 spiro atoms. The summed E-state index contributed by atoms with van der Waals surface area (Å²) < 4.78 is 0. The van der Waals surface area contributed by atoms with Gasteiger partial charge in [0, 0.05) is 19.1 Å². The number of carbonyl (C=O) groups is 1. The quantitative estimate of drug-likeness (QED) is 0.567. The molecule has 0 radical (unpaired) electrons. The number of β-amino-alcohol motifs (C(OH)–C–C–N with tert-alkyl or cyclic N) is 1. The Hall–Kier alpha value is -0.610. The SMILES string of the molecule is NC1CCCC1C(=O)N1CC(O)C1. The fraction of sp³-hybridized carbons (Fsp3) is 0.889. The van der Waals surface area contributed by atoms with Crippen LogP contribution in [-0.4, -0.2) is 41.1 Å². The van der Waals surface area contributed by atoms with E-state index in [-0.39, 0.29) is 24.0 Å². The van der Waals surface area contributed by atoms with Crippen LogP contribution in [0.15, 0.2) is 0 Å². The van der Waals surface area contributed by atoms with Gasteiger partial charge in [-0.15, -0.1) is 0 Å². The van der Waals surface area contributed by atoms with Crippen LogP contribution in [0.25, 0.3) is 0 Å². The summed E-state index contributed by atoms with van der Waals surface area (Å²) in [6.45, 7) is 1.00. The molecule has 1 saturated carbocycles. The number of nitrogens with zero attached hydrogens (tertiary/aromatic N) is 1. The first-order valence-corrected chi connectivity index (χ1v) is 4.91. The molecule has 0 aromatic heterocycles. The van der Waals surface area contributed by atoms with Gasteiger partial charge in [0.05, 0.1) is 12.0 Å². The molecule has 0 aromatic carbocycles. The second-order valence-corrected chi connectivity index (χ2v) is 4.10. The minimum absolute atomic E-state index is 0.0208. The lowest BCUT2D eigenvalue weighted by atomic mass is 10.00. The zero-order valence-electron chi connectivity index (χ0n) is 7.65. The van der Waals surface area contributed by atoms with Crippen LogP contribution in [0, 0.1) is 5.92 Å². The minimum atomic E-state index is -0.304. The number of likely N-dealkylation sites (tertiary alicyclic amines) is 1. The molecule has 1 heterocycles. The third kappa shape index (κ3) is 1.56. The minimum Gasteiger partial charge on any atom is -0.389 e. The highest BCUT2D eigenvalue weighted by Gasteiger charge is 2.37. The lowest BCUT2D eigenvalue weighted by molar-refractivity contribution is -0.145. The molecule has 0 bridgehead atoms. The third-order valence-corrected chi connectivity index (χ3v) is 3.06. The molecule has 4 heteroatoms. The second-order valence-electron chi connectivity index (χ2n) is 4.10. The van der Waals surface area contributed by atoms with Crippen molar-refractivity contribution in [2.75, 3.05) is 13.1 Å². The van der Waals surface area contributed by atoms with Gasteiger partial charge in [-0.2, -0.15) is 0 Å². The van der Waals surface area contributed by atoms with Gasteiger partial charge in [-0.1, -0.05) is 6.42 Å². The van der Waals surface area contributed by atoms with Gasteiger partial charge >= 0.3 is 0 Å². The predicted molar refractivity (Wildman–Crippen MR) is 47.9 cm³/mol. The van der Waals surface area contributed by atoms with E-state index in [1.165, 1.54) is 0 Å². The Kier molecular flexibility index (Phi) is 2.26. The van der Waals surface area contributed by atoms with Crippen molar-refractivity contribution in [1.82, 2.24) is 4.90 Å². The van der Waals surface area contributed by atoms with Crippen molar-refractivity contribution >= 4 is 5.91 Å². The van der Waals surface area contributed by atoms with Crippen molar-refractivity contribution in [3.63, 3.8) is 0 Å². The van der Waals surface area contributed by atoms with Crippen LogP contribution in [0.4, 0.5) is 0 Å². The van der Waals surface area contributed by atoms with Crippen LogP contribution in [0.3, 0.4) is 0 Å². The van der Waals surface area contributed by atoms with Crippen LogP contribution >= 0.6 is 0 Å². The maximum Gasteiger partial charge on any atom is 0.227 e. The average molecular weight is 184 g/mol. The van der Waals surface area contributed by atoms with Gasteiger partial charge < -0.3 is 15.7 Å². The highest BCUT2D eigenvalue weighted by molar-refractivity contribution is 5.80. The molecule has 74 valence electrons. The molecule has 2 fully saturated rings. The molecule has 3 N–H and O–H groups in total. The first-order chi connectivity index (χ1) is 6.18. The molecule has 2 rings (SSSR count). The number of aliphatic hydroxyl groups is 1. The molecule has 4 nitrogen and oxygen atoms in total. The molecule has 1 saturated heterocycles. The molecule has 2 unspecified atom stereocenters. The van der Waals surface area contributed by atoms with E-state index in [0.29, 0.717) is 13.1 Å². The van der Waals surface area contributed by atoms with Crippen molar-refractivity contribution in [3.05, 3.63) is 0 Å². The first kappa shape index (κ1) is 8.97. The van der Waals surface area contributed by atoms with Gasteiger partial charge in [0.15, 0.2) is 0 Å². The van der Waals surface area contributed by atoms with Crippen molar-refractivity contribution in [2.24, 2.45) is 11.7 Å². The molecule has 0 aromatic rings. The molecular weight excluding hydrogens is 168 g/mol. The highest BCUT2D eigenvalue weighted by atomic mass is 16.3. The van der Waals surface area contributed by atoms with E-state index in [4.69, 9.17) is 10.8 Å². The number of carbonyl (C=O) groups excluding carboxylic acids is 1. The number of aliphatic hydroxyl groups excluding tert-OH is 1. The van der Waals surface area contributed by atoms with Crippen molar-refractivity contribution < 1.29 is 9.90 Å². The van der Waals surface area contributed by atoms with Crippen LogP contribution in [0.5, 0.6) is 0 Å². The third-order valence-electron chi connectivity index (χ3n) is 3.06. The summed E-state index contributed by atoms with van der Waals surface area (Å²) in [5.74, 6) is 0.169. The Bertz CT molecular complexity index is 214. The first-order valence-electron chi connectivity index (χ1n) is 4.91. The van der Waals surface area contributed by atoms with Crippen LogP contribution in [0.1, 0.15) is 19.3 Å². The van der Waals surface area contributed by atoms with E-state index in [1.54, 1.807) is 4.90 Å². The standard InChI is InChI=1S/C9H16N2O2/c10-8-3-1-2-7(8)9(13)11-4-6(12)5-11/h6-8,12H,1-5,10H2. The zero-order chi connectivity index (χ0) is 9.42. The highest BCUT2D eigenvalue weighted by Crippen LogP contribution is 2.27. The Morgan fingerprint density at radius 2 is 2.08 bits per heavy atom. The van der Waals surface area contributed by atoms with Gasteiger partial charge in [0.1, 0.15) is 0 Å². The average Bonchev–Trinajstić information content (AvgIpc) is 2.44. The van der Waals surface area contributed by atoms with Crippen molar-refractivity contribution in [2.45, 2.75) is 31.4 Å². The van der Waals surface area contributed by atoms with Gasteiger partial charge in [0.2, 0.25) is 5.91 Å². The predicted octanol–water partition coefficient (Wildman–Crippen LogP) is -0.683. The monoisotopic (exact) mass is 184 g/mol. The number of amides is 1. The summed E-state index contributed by atoms with van der Waals surface area (Å²) in [4.78, 5) is 13.4. The molecule has 1 amide bonds. The van der Waals surface area contributed by atoms with E-state index in [2.05, 4.69) is 0 Å². The van der Waals surface area contributed by atoms with Crippen LogP contribution in [-0.2, 0) is 4.79 Å². The Labute approximate surface area is 77.7 Å². The lowest BCUT2D eigenvalue weighted by Gasteiger charge is -2.38. The molecule has 13 heavy (non-hydrogen) atoms. The smallest absolute Gasteiger partial charge is 0.227 e. The summed E-state index contributed by atoms with van der Waals surface area (Å²) in [5.41, 5.74) is 5.82. The molecule has 1 aliphatic heterocycles. The molecular formula is C9H16N2O2. The van der Waals surface area contributed by atoms with Crippen LogP contribution in [0.2, 0.25) is 0 Å². The Morgan fingerprint density at radius 1 is 1.38 bits per heavy atom. The van der Waals surface area contributed by atoms with Crippen molar-refractivity contribution in [3.8, 4) is 0 Å². The normalized spacial score (nSPS) is 34.8. The Balaban J connectivity index is 1.89. The van der Waals surface area contributed by atoms with Crippen LogP contribution < -0.4 is 5.73 Å². The maximum atomic E-state index is 11.7. The molecule has 2 atom stereocenters. The topological polar surface area (TPSA) is 66.6 Å². The number of hydrogen-bond acceptors (Lipinski definition) is 3. The van der Waals surface area contributed by atoms with Gasteiger partial charge in [0.25, 0.3) is 0 Å². The van der Waals surface area contributed by atoms with Crippen molar-refractivity contribution in [1.29, 1.82) is 0 Å². The second kappa shape index (κ2) is 3.27. The fourth-order valence-electron chi connectivity index (χ4n) is 2.17. The number of rotatable bonds is 1. The largest absolute Gasteiger partial charge is 0.389 e. The van der Waals surface area contributed by atoms with E-state index in [9.17, 15) is 4.79 Å². The van der Waals surface area contributed by atoms with E-state index in [0.717, 1.165) is 19.3 Å². The van der Waals surface area contributed by atoms with Gasteiger partial charge in [-0.3, -0.25) is 4.79 Å². The summed E-state index contributed by atoms with van der Waals surface area (Å²) in [7, 11) is 0. The Morgan fingerprint density at radius 3 is 2.54 bits per heavy atom. The summed E-state index contributed by atoms with van der Waals surface area (Å²) >= 11 is 0. The summed E-state index contributed by atoms with van der Waals surface area (Å²) in [6, 6.07) is 0.0465. The number of nitrogens with two attached hydrogens (primary N) is 1. The zero-order valence-corrected chi connectivity index (χ0v) is 7.65. The van der Waals surface area contributed by atoms with Gasteiger partial charge in [-0.25, -0.2) is 0 Å². The molecule has 2 aliphatic rings.